The molecule has 312 valence electrons. The van der Waals surface area contributed by atoms with Crippen LogP contribution in [0.1, 0.15) is 31.9 Å². The van der Waals surface area contributed by atoms with E-state index >= 15 is 0 Å². The van der Waals surface area contributed by atoms with Gasteiger partial charge >= 0.3 is 0 Å². The summed E-state index contributed by atoms with van der Waals surface area (Å²) >= 11 is 0. The molecule has 10 aromatic rings. The lowest BCUT2D eigenvalue weighted by Gasteiger charge is -2.45. The molecule has 0 N–H and O–H groups in total. The number of ether oxygens (including phenoxy) is 2. The molecule has 2 aromatic heterocycles. The van der Waals surface area contributed by atoms with Gasteiger partial charge in [-0.25, -0.2) is 0 Å². The van der Waals surface area contributed by atoms with Crippen molar-refractivity contribution >= 4 is 79.2 Å². The number of nitrogens with zero attached hydrogens (tertiary/aromatic N) is 2. The Morgan fingerprint density at radius 3 is 1.77 bits per heavy atom. The van der Waals surface area contributed by atoms with Crippen LogP contribution in [0.3, 0.4) is 0 Å². The molecule has 3 aliphatic rings. The van der Waals surface area contributed by atoms with E-state index in [2.05, 4.69) is 183 Å². The van der Waals surface area contributed by atoms with Crippen LogP contribution in [0, 0.1) is 6.92 Å². The normalized spacial score (nSPS) is 13.6. The molecule has 13 rings (SSSR count). The summed E-state index contributed by atoms with van der Waals surface area (Å²) in [6.07, 6.45) is 0. The Morgan fingerprint density at radius 1 is 0.477 bits per heavy atom. The SMILES string of the molecule is Cc1cc2c3c(c1)N(c1ccc(C(C)(C)C)cc1-c1ccccc1)c1cc4c(cc1B3c1cc(-c3cc5ccccc5o3)ccc1N2c1ccc(-c2cc3ccccc3o2)cc1)OCO4. The quantitative estimate of drug-likeness (QED) is 0.161. The summed E-state index contributed by atoms with van der Waals surface area (Å²) in [6.45, 7) is 9.09. The minimum atomic E-state index is -0.152. The van der Waals surface area contributed by atoms with Crippen LogP contribution in [0.15, 0.2) is 185 Å². The fraction of sp³-hybridized carbons (Fsp3) is 0.103. The maximum absolute atomic E-state index is 6.55. The van der Waals surface area contributed by atoms with Crippen molar-refractivity contribution in [2.45, 2.75) is 33.1 Å². The molecule has 0 saturated carbocycles. The number of hydrogen-bond donors (Lipinski definition) is 0. The summed E-state index contributed by atoms with van der Waals surface area (Å²) in [4.78, 5) is 4.92. The van der Waals surface area contributed by atoms with Crippen molar-refractivity contribution in [2.24, 2.45) is 0 Å². The van der Waals surface area contributed by atoms with Crippen LogP contribution in [0.2, 0.25) is 0 Å². The van der Waals surface area contributed by atoms with E-state index in [1.165, 1.54) is 16.5 Å². The van der Waals surface area contributed by atoms with E-state index < -0.39 is 0 Å². The highest BCUT2D eigenvalue weighted by Gasteiger charge is 2.45. The number of benzene rings is 8. The summed E-state index contributed by atoms with van der Waals surface area (Å²) in [5.74, 6) is 3.18. The predicted octanol–water partition coefficient (Wildman–Crippen LogP) is 13.6. The van der Waals surface area contributed by atoms with Gasteiger partial charge in [-0.3, -0.25) is 0 Å². The highest BCUT2D eigenvalue weighted by molar-refractivity contribution is 7.00. The Bertz CT molecular complexity index is 3480. The van der Waals surface area contributed by atoms with Crippen LogP contribution < -0.4 is 35.7 Å². The Morgan fingerprint density at radius 2 is 1.08 bits per heavy atom. The molecule has 0 unspecified atom stereocenters. The molecule has 65 heavy (non-hydrogen) atoms. The van der Waals surface area contributed by atoms with E-state index in [1.807, 2.05) is 30.3 Å². The van der Waals surface area contributed by atoms with Crippen LogP contribution in [-0.2, 0) is 5.41 Å². The zero-order valence-corrected chi connectivity index (χ0v) is 36.6. The van der Waals surface area contributed by atoms with E-state index in [0.717, 1.165) is 112 Å². The summed E-state index contributed by atoms with van der Waals surface area (Å²) in [5.41, 5.74) is 18.6. The topological polar surface area (TPSA) is 51.2 Å². The first-order valence-corrected chi connectivity index (χ1v) is 22.3. The third kappa shape index (κ3) is 5.95. The summed E-state index contributed by atoms with van der Waals surface area (Å²) in [7, 11) is 0. The second-order valence-corrected chi connectivity index (χ2v) is 18.6. The zero-order valence-electron chi connectivity index (χ0n) is 36.6. The molecule has 0 amide bonds. The summed E-state index contributed by atoms with van der Waals surface area (Å²) < 4.78 is 25.3. The van der Waals surface area contributed by atoms with Gasteiger partial charge in [0.25, 0.3) is 6.71 Å². The number of aryl methyl sites for hydroxylation is 1. The lowest BCUT2D eigenvalue weighted by molar-refractivity contribution is 0.174. The van der Waals surface area contributed by atoms with E-state index in [-0.39, 0.29) is 18.9 Å². The van der Waals surface area contributed by atoms with Crippen molar-refractivity contribution in [1.29, 1.82) is 0 Å². The number of anilines is 6. The molecular weight excluding hydrogens is 799 g/mol. The second-order valence-electron chi connectivity index (χ2n) is 18.6. The van der Waals surface area contributed by atoms with Gasteiger partial charge in [0.05, 0.1) is 5.69 Å². The first-order chi connectivity index (χ1) is 31.7. The van der Waals surface area contributed by atoms with Gasteiger partial charge in [-0.15, -0.1) is 0 Å². The molecule has 8 aromatic carbocycles. The van der Waals surface area contributed by atoms with E-state index in [0.29, 0.717) is 0 Å². The second kappa shape index (κ2) is 14.1. The van der Waals surface area contributed by atoms with E-state index in [4.69, 9.17) is 18.3 Å². The van der Waals surface area contributed by atoms with Gasteiger partial charge in [-0.1, -0.05) is 99.6 Å². The number of para-hydroxylation sites is 2. The van der Waals surface area contributed by atoms with Gasteiger partial charge in [0.15, 0.2) is 11.5 Å². The molecule has 7 heteroatoms. The Kier molecular flexibility index (Phi) is 8.14. The van der Waals surface area contributed by atoms with Crippen molar-refractivity contribution in [3.63, 3.8) is 0 Å². The first kappa shape index (κ1) is 37.6. The highest BCUT2D eigenvalue weighted by Crippen LogP contribution is 2.50. The molecule has 6 nitrogen and oxygen atoms in total. The van der Waals surface area contributed by atoms with Gasteiger partial charge in [0.2, 0.25) is 6.79 Å². The molecule has 0 fully saturated rings. The first-order valence-electron chi connectivity index (χ1n) is 22.3. The van der Waals surface area contributed by atoms with E-state index in [9.17, 15) is 0 Å². The molecule has 0 bridgehead atoms. The largest absolute Gasteiger partial charge is 0.456 e. The van der Waals surface area contributed by atoms with Crippen LogP contribution in [0.5, 0.6) is 11.5 Å². The van der Waals surface area contributed by atoms with Crippen LogP contribution >= 0.6 is 0 Å². The molecule has 0 saturated heterocycles. The average molecular weight is 843 g/mol. The van der Waals surface area contributed by atoms with Gasteiger partial charge < -0.3 is 28.1 Å². The molecule has 3 aliphatic heterocycles. The molecule has 0 radical (unpaired) electrons. The predicted molar refractivity (Wildman–Crippen MR) is 266 cm³/mol. The van der Waals surface area contributed by atoms with Crippen LogP contribution in [0.25, 0.3) is 55.7 Å². The van der Waals surface area contributed by atoms with Gasteiger partial charge in [0.1, 0.15) is 22.7 Å². The highest BCUT2D eigenvalue weighted by atomic mass is 16.7. The molecule has 5 heterocycles. The van der Waals surface area contributed by atoms with Gasteiger partial charge in [-0.2, -0.15) is 0 Å². The van der Waals surface area contributed by atoms with Gasteiger partial charge in [0, 0.05) is 62.0 Å². The lowest BCUT2D eigenvalue weighted by atomic mass is 9.33. The van der Waals surface area contributed by atoms with Crippen LogP contribution in [0.4, 0.5) is 34.1 Å². The lowest BCUT2D eigenvalue weighted by Crippen LogP contribution is -2.61. The third-order valence-electron chi connectivity index (χ3n) is 13.4. The fourth-order valence-electron chi connectivity index (χ4n) is 10.3. The fourth-order valence-corrected chi connectivity index (χ4v) is 10.3. The van der Waals surface area contributed by atoms with Crippen LogP contribution in [-0.4, -0.2) is 13.5 Å². The van der Waals surface area contributed by atoms with E-state index in [1.54, 1.807) is 0 Å². The Hall–Kier alpha value is -7.90. The molecular formula is C58H43BN2O4. The Labute approximate surface area is 378 Å². The minimum absolute atomic E-state index is 0.0524. The number of hydrogen-bond acceptors (Lipinski definition) is 6. The molecule has 0 aliphatic carbocycles. The minimum Gasteiger partial charge on any atom is -0.456 e. The van der Waals surface area contributed by atoms with Gasteiger partial charge in [-0.05, 0) is 136 Å². The molecule has 0 spiro atoms. The molecule has 0 atom stereocenters. The van der Waals surface area contributed by atoms with Crippen molar-refractivity contribution in [3.05, 3.63) is 187 Å². The van der Waals surface area contributed by atoms with Crippen molar-refractivity contribution in [1.82, 2.24) is 0 Å². The maximum atomic E-state index is 6.55. The van der Waals surface area contributed by atoms with Crippen molar-refractivity contribution < 1.29 is 18.3 Å². The average Bonchev–Trinajstić information content (AvgIpc) is 4.09. The number of furan rings is 2. The maximum Gasteiger partial charge on any atom is 0.252 e. The zero-order chi connectivity index (χ0) is 43.6. The summed E-state index contributed by atoms with van der Waals surface area (Å²) in [5, 5.41) is 2.16. The monoisotopic (exact) mass is 842 g/mol. The van der Waals surface area contributed by atoms with Crippen molar-refractivity contribution in [3.8, 4) is 45.3 Å². The van der Waals surface area contributed by atoms with Crippen molar-refractivity contribution in [2.75, 3.05) is 16.6 Å². The smallest absolute Gasteiger partial charge is 0.252 e. The third-order valence-corrected chi connectivity index (χ3v) is 13.4. The summed E-state index contributed by atoms with van der Waals surface area (Å²) in [6, 6.07) is 63.2. The number of fused-ring (bicyclic) bond motifs is 7. The Balaban J connectivity index is 1.07. The number of rotatable bonds is 5. The standard InChI is InChI=1S/C58H43BN2O4/c1-35-26-49-57-50(27-35)61(46-25-21-41(58(2,3)4)31-43(46)36-12-6-5-7-13-36)48-33-56-55(62-34-63-56)32-45(48)59(57)44-28-40(54-30-39-15-9-11-17-52(39)65-54)20-24-47(44)60(49)42-22-18-37(19-23-42)53-29-38-14-8-10-16-51(38)64-53/h5-33H,34H2,1-4H3.